The lowest BCUT2D eigenvalue weighted by molar-refractivity contribution is -0.256. The van der Waals surface area contributed by atoms with E-state index in [9.17, 15) is 4.79 Å². The molecule has 8 rings (SSSR count). The first-order valence-electron chi connectivity index (χ1n) is 12.1. The van der Waals surface area contributed by atoms with Crippen molar-refractivity contribution in [2.24, 2.45) is 4.99 Å². The van der Waals surface area contributed by atoms with Gasteiger partial charge < -0.3 is 23.9 Å². The highest BCUT2D eigenvalue weighted by Gasteiger charge is 2.52. The van der Waals surface area contributed by atoms with Gasteiger partial charge in [-0.3, -0.25) is 4.79 Å². The molecule has 1 saturated heterocycles. The number of carbonyl (C=O) groups is 1. The topological polar surface area (TPSA) is 69.8 Å². The molecule has 35 heavy (non-hydrogen) atoms. The molecule has 5 aromatic rings. The second kappa shape index (κ2) is 6.37. The van der Waals surface area contributed by atoms with Crippen molar-refractivity contribution in [3.05, 3.63) is 59.7 Å². The number of likely N-dealkylation sites (N-methyl/N-ethyl adjacent to an activating group) is 1. The minimum Gasteiger partial charge on any atom is -0.375 e. The van der Waals surface area contributed by atoms with Gasteiger partial charge in [0.05, 0.1) is 27.6 Å². The van der Waals surface area contributed by atoms with Crippen LogP contribution < -0.4 is 5.32 Å². The first-order chi connectivity index (χ1) is 17.1. The minimum atomic E-state index is -0.784. The number of aromatic nitrogens is 2. The van der Waals surface area contributed by atoms with Crippen LogP contribution in [0.15, 0.2) is 53.5 Å². The van der Waals surface area contributed by atoms with Gasteiger partial charge in [0.15, 0.2) is 5.72 Å². The molecule has 0 spiro atoms. The Labute approximate surface area is 200 Å². The maximum Gasteiger partial charge on any atom is 0.278 e. The zero-order valence-electron chi connectivity index (χ0n) is 19.7. The number of nitrogens with zero attached hydrogens (tertiary/aromatic N) is 3. The van der Waals surface area contributed by atoms with Gasteiger partial charge in [-0.05, 0) is 26.1 Å². The number of methoxy groups -OCH3 is 1. The van der Waals surface area contributed by atoms with Crippen LogP contribution >= 0.6 is 0 Å². The molecule has 7 nitrogen and oxygen atoms in total. The number of nitrogens with one attached hydrogen (secondary N) is 1. The molecular weight excluding hydrogens is 440 g/mol. The van der Waals surface area contributed by atoms with Crippen LogP contribution in [0.3, 0.4) is 0 Å². The third kappa shape index (κ3) is 2.10. The van der Waals surface area contributed by atoms with Crippen LogP contribution in [0.1, 0.15) is 35.5 Å². The van der Waals surface area contributed by atoms with E-state index in [-0.39, 0.29) is 24.3 Å². The summed E-state index contributed by atoms with van der Waals surface area (Å²) in [5.41, 5.74) is 5.04. The van der Waals surface area contributed by atoms with Gasteiger partial charge in [-0.2, -0.15) is 0 Å². The van der Waals surface area contributed by atoms with Crippen molar-refractivity contribution in [2.75, 3.05) is 14.2 Å². The summed E-state index contributed by atoms with van der Waals surface area (Å²) >= 11 is 0. The summed E-state index contributed by atoms with van der Waals surface area (Å²) in [7, 11) is 3.75. The molecule has 7 heteroatoms. The van der Waals surface area contributed by atoms with Gasteiger partial charge in [-0.15, -0.1) is 0 Å². The van der Waals surface area contributed by atoms with E-state index in [1.54, 1.807) is 13.3 Å². The first kappa shape index (κ1) is 19.8. The highest BCUT2D eigenvalue weighted by atomic mass is 16.6. The summed E-state index contributed by atoms with van der Waals surface area (Å²) in [5, 5.41) is 7.66. The van der Waals surface area contributed by atoms with Gasteiger partial charge in [0.2, 0.25) is 0 Å². The van der Waals surface area contributed by atoms with Crippen LogP contribution in [0.4, 0.5) is 0 Å². The number of hydrogen-bond acceptors (Lipinski definition) is 4. The van der Waals surface area contributed by atoms with Crippen molar-refractivity contribution in [1.82, 2.24) is 14.5 Å². The number of fused-ring (bicyclic) bond motifs is 13. The van der Waals surface area contributed by atoms with Crippen LogP contribution in [-0.4, -0.2) is 47.6 Å². The Kier molecular flexibility index (Phi) is 3.60. The van der Waals surface area contributed by atoms with Crippen molar-refractivity contribution in [3.8, 4) is 0 Å². The van der Waals surface area contributed by atoms with Crippen LogP contribution in [0, 0.1) is 0 Å². The van der Waals surface area contributed by atoms with E-state index in [4.69, 9.17) is 9.47 Å². The Hall–Kier alpha value is -3.52. The van der Waals surface area contributed by atoms with Gasteiger partial charge in [-0.1, -0.05) is 36.4 Å². The molecule has 0 aliphatic carbocycles. The second-order valence-corrected chi connectivity index (χ2v) is 9.95. The van der Waals surface area contributed by atoms with Gasteiger partial charge in [0.1, 0.15) is 12.3 Å². The maximum absolute atomic E-state index is 13.2. The Morgan fingerprint density at radius 2 is 1.77 bits per heavy atom. The standard InChI is InChI=1S/C28H24N4O3/c1-28-26(34-3)17(29-2)12-20(35-28)31-18-10-6-4-8-14(18)22-23-16(13-30-27(23)33)21-15-9-5-7-11-19(15)32(28)25(21)24(22)31/h4-11,13,17,20,26,29H,12H2,1-3H3/t17-,20-,26-,28+/m1/s1. The molecule has 1 N–H and O–H groups in total. The molecular formula is C28H24N4O3. The molecule has 4 atom stereocenters. The Morgan fingerprint density at radius 3 is 2.51 bits per heavy atom. The predicted molar refractivity (Wildman–Crippen MR) is 136 cm³/mol. The molecule has 5 heterocycles. The molecule has 2 aromatic heterocycles. The van der Waals surface area contributed by atoms with E-state index in [0.717, 1.165) is 55.6 Å². The highest BCUT2D eigenvalue weighted by molar-refractivity contribution is 6.36. The quantitative estimate of drug-likeness (QED) is 0.412. The number of benzene rings is 3. The molecule has 0 saturated carbocycles. The Morgan fingerprint density at radius 1 is 1.06 bits per heavy atom. The SMILES string of the molecule is CN[C@@H]1C[C@H]2O[C@@](C)([C@@H]1OC)n1c3ccccc3c3c4c(c5c6ccccc6n2c5c31)C(=O)N=C4. The van der Waals surface area contributed by atoms with Crippen LogP contribution in [0.25, 0.3) is 43.6 Å². The molecule has 3 aliphatic heterocycles. The minimum absolute atomic E-state index is 0.0699. The number of para-hydroxylation sites is 2. The summed E-state index contributed by atoms with van der Waals surface area (Å²) in [6, 6.07) is 16.8. The summed E-state index contributed by atoms with van der Waals surface area (Å²) in [6.07, 6.45) is 2.03. The van der Waals surface area contributed by atoms with Crippen LogP contribution in [0.2, 0.25) is 0 Å². The first-order valence-corrected chi connectivity index (χ1v) is 12.1. The Bertz CT molecular complexity index is 1790. The molecule has 174 valence electrons. The average Bonchev–Trinajstić information content (AvgIpc) is 3.51. The third-order valence-corrected chi connectivity index (χ3v) is 8.40. The number of rotatable bonds is 2. The second-order valence-electron chi connectivity index (χ2n) is 9.95. The van der Waals surface area contributed by atoms with Crippen molar-refractivity contribution >= 4 is 55.7 Å². The highest BCUT2D eigenvalue weighted by Crippen LogP contribution is 2.53. The van der Waals surface area contributed by atoms with Crippen molar-refractivity contribution < 1.29 is 14.3 Å². The molecule has 1 fully saturated rings. The number of amides is 1. The fourth-order valence-corrected chi connectivity index (χ4v) is 7.14. The average molecular weight is 465 g/mol. The number of hydrogen-bond donors (Lipinski definition) is 1. The lowest BCUT2D eigenvalue weighted by Crippen LogP contribution is -2.59. The molecule has 0 radical (unpaired) electrons. The molecule has 3 aliphatic rings. The van der Waals surface area contributed by atoms with E-state index < -0.39 is 5.72 Å². The van der Waals surface area contributed by atoms with Gasteiger partial charge >= 0.3 is 0 Å². The number of carbonyl (C=O) groups excluding carboxylic acids is 1. The molecule has 3 aromatic carbocycles. The largest absolute Gasteiger partial charge is 0.375 e. The van der Waals surface area contributed by atoms with E-state index in [2.05, 4.69) is 68.8 Å². The van der Waals surface area contributed by atoms with Gasteiger partial charge in [0, 0.05) is 52.9 Å². The van der Waals surface area contributed by atoms with Crippen LogP contribution in [-0.2, 0) is 15.2 Å². The van der Waals surface area contributed by atoms with Crippen LogP contribution in [0.5, 0.6) is 0 Å². The fourth-order valence-electron chi connectivity index (χ4n) is 7.14. The van der Waals surface area contributed by atoms with Crippen molar-refractivity contribution in [2.45, 2.75) is 37.4 Å². The smallest absolute Gasteiger partial charge is 0.278 e. The molecule has 2 bridgehead atoms. The van der Waals surface area contributed by atoms with Gasteiger partial charge in [0.25, 0.3) is 5.91 Å². The van der Waals surface area contributed by atoms with Crippen molar-refractivity contribution in [1.29, 1.82) is 0 Å². The number of aliphatic imine (C=N–C) groups is 1. The summed E-state index contributed by atoms with van der Waals surface area (Å²) in [6.45, 7) is 2.14. The fraction of sp³-hybridized carbons (Fsp3) is 0.286. The number of ether oxygens (including phenoxy) is 2. The lowest BCUT2D eigenvalue weighted by Gasteiger charge is -2.48. The van der Waals surface area contributed by atoms with Crippen molar-refractivity contribution in [3.63, 3.8) is 0 Å². The normalized spacial score (nSPS) is 27.1. The Balaban J connectivity index is 1.73. The monoisotopic (exact) mass is 464 g/mol. The lowest BCUT2D eigenvalue weighted by atomic mass is 9.93. The summed E-state index contributed by atoms with van der Waals surface area (Å²) in [5.74, 6) is -0.177. The zero-order chi connectivity index (χ0) is 23.6. The third-order valence-electron chi connectivity index (χ3n) is 8.40. The van der Waals surface area contributed by atoms with E-state index in [1.165, 1.54) is 0 Å². The summed E-state index contributed by atoms with van der Waals surface area (Å²) < 4.78 is 17.9. The van der Waals surface area contributed by atoms with E-state index in [0.29, 0.717) is 5.56 Å². The van der Waals surface area contributed by atoms with Gasteiger partial charge in [-0.25, -0.2) is 4.99 Å². The summed E-state index contributed by atoms with van der Waals surface area (Å²) in [4.78, 5) is 17.5. The van der Waals surface area contributed by atoms with E-state index in [1.807, 2.05) is 13.1 Å². The molecule has 0 unspecified atom stereocenters. The maximum atomic E-state index is 13.2. The van der Waals surface area contributed by atoms with E-state index >= 15 is 0 Å². The zero-order valence-corrected chi connectivity index (χ0v) is 19.7. The molecule has 1 amide bonds. The predicted octanol–water partition coefficient (Wildman–Crippen LogP) is 4.68.